The minimum Gasteiger partial charge on any atom is -0.392 e. The lowest BCUT2D eigenvalue weighted by molar-refractivity contribution is 0.322. The molecule has 0 aromatic rings. The molecule has 0 saturated carbocycles. The average molecular weight is 160 g/mol. The van der Waals surface area contributed by atoms with Gasteiger partial charge in [-0.15, -0.1) is 0 Å². The van der Waals surface area contributed by atoms with Gasteiger partial charge in [-0.1, -0.05) is 42.5 Å². The van der Waals surface area contributed by atoms with Gasteiger partial charge in [0.1, 0.15) is 0 Å². The van der Waals surface area contributed by atoms with Crippen LogP contribution < -0.4 is 0 Å². The number of aliphatic hydroxyl groups is 1. The van der Waals surface area contributed by atoms with Crippen LogP contribution >= 0.6 is 0 Å². The van der Waals surface area contributed by atoms with Crippen LogP contribution in [0.2, 0.25) is 0 Å². The summed E-state index contributed by atoms with van der Waals surface area (Å²) in [6.07, 6.45) is 14.8. The maximum absolute atomic E-state index is 9.07. The molecule has 0 aromatic heterocycles. The second-order valence-electron chi connectivity index (χ2n) is 3.16. The topological polar surface area (TPSA) is 20.2 Å². The van der Waals surface area contributed by atoms with Gasteiger partial charge in [0.05, 0.1) is 6.61 Å². The van der Waals surface area contributed by atoms with Gasteiger partial charge < -0.3 is 5.11 Å². The van der Waals surface area contributed by atoms with Crippen molar-refractivity contribution in [2.45, 2.75) is 0 Å². The van der Waals surface area contributed by atoms with Crippen LogP contribution in [0, 0.1) is 11.8 Å². The first-order valence-electron chi connectivity index (χ1n) is 4.25. The van der Waals surface area contributed by atoms with Crippen molar-refractivity contribution in [3.63, 3.8) is 0 Å². The van der Waals surface area contributed by atoms with Gasteiger partial charge in [-0.05, 0) is 5.57 Å². The molecule has 3 rings (SSSR count). The highest BCUT2D eigenvalue weighted by Crippen LogP contribution is 2.25. The van der Waals surface area contributed by atoms with Crippen LogP contribution in [0.15, 0.2) is 48.1 Å². The van der Waals surface area contributed by atoms with Crippen LogP contribution in [0.3, 0.4) is 0 Å². The van der Waals surface area contributed by atoms with E-state index < -0.39 is 0 Å². The number of hydrogen-bond donors (Lipinski definition) is 1. The molecule has 0 amide bonds. The lowest BCUT2D eigenvalue weighted by atomic mass is 9.87. The van der Waals surface area contributed by atoms with Crippen molar-refractivity contribution in [2.75, 3.05) is 6.61 Å². The van der Waals surface area contributed by atoms with E-state index in [4.69, 9.17) is 5.11 Å². The van der Waals surface area contributed by atoms with Crippen molar-refractivity contribution in [3.8, 4) is 0 Å². The van der Waals surface area contributed by atoms with Crippen molar-refractivity contribution in [1.29, 1.82) is 0 Å². The van der Waals surface area contributed by atoms with Crippen LogP contribution in [-0.2, 0) is 0 Å². The molecule has 0 saturated heterocycles. The highest BCUT2D eigenvalue weighted by Gasteiger charge is 2.14. The summed E-state index contributed by atoms with van der Waals surface area (Å²) in [4.78, 5) is 0. The van der Waals surface area contributed by atoms with Gasteiger partial charge >= 0.3 is 0 Å². The molecule has 2 bridgehead atoms. The summed E-state index contributed by atoms with van der Waals surface area (Å²) < 4.78 is 0. The van der Waals surface area contributed by atoms with Gasteiger partial charge in [0.25, 0.3) is 0 Å². The quantitative estimate of drug-likeness (QED) is 0.580. The zero-order chi connectivity index (χ0) is 8.39. The Hall–Kier alpha value is -1.08. The fraction of sp³-hybridized carbons (Fsp3) is 0.273. The van der Waals surface area contributed by atoms with Crippen LogP contribution in [0.5, 0.6) is 0 Å². The second kappa shape index (κ2) is 3.11. The van der Waals surface area contributed by atoms with Crippen molar-refractivity contribution < 1.29 is 5.11 Å². The molecule has 0 heterocycles. The second-order valence-corrected chi connectivity index (χ2v) is 3.16. The van der Waals surface area contributed by atoms with Gasteiger partial charge in [0.15, 0.2) is 0 Å². The van der Waals surface area contributed by atoms with E-state index in [0.29, 0.717) is 11.8 Å². The standard InChI is InChI=1S/C11H12O/c12-8-11-7-9-3-1-2-4-10(11)6-5-9/h1-7,9-10,12H,8H2. The van der Waals surface area contributed by atoms with Crippen molar-refractivity contribution in [1.82, 2.24) is 0 Å². The van der Waals surface area contributed by atoms with Gasteiger partial charge in [-0.3, -0.25) is 0 Å². The van der Waals surface area contributed by atoms with Crippen molar-refractivity contribution in [3.05, 3.63) is 48.1 Å². The molecule has 0 aliphatic heterocycles. The van der Waals surface area contributed by atoms with E-state index in [0.717, 1.165) is 5.57 Å². The molecule has 1 heteroatoms. The lowest BCUT2D eigenvalue weighted by Crippen LogP contribution is -2.10. The third-order valence-corrected chi connectivity index (χ3v) is 2.32. The summed E-state index contributed by atoms with van der Waals surface area (Å²) in [6, 6.07) is 0. The smallest absolute Gasteiger partial charge is 0.0650 e. The van der Waals surface area contributed by atoms with Gasteiger partial charge in [-0.25, -0.2) is 0 Å². The molecular weight excluding hydrogens is 148 g/mol. The Morgan fingerprint density at radius 3 is 2.75 bits per heavy atom. The fourth-order valence-corrected chi connectivity index (χ4v) is 1.63. The van der Waals surface area contributed by atoms with E-state index in [2.05, 4.69) is 36.5 Å². The van der Waals surface area contributed by atoms with E-state index in [-0.39, 0.29) is 6.61 Å². The Balaban J connectivity index is 2.37. The molecule has 0 aromatic carbocycles. The first-order valence-corrected chi connectivity index (χ1v) is 4.25. The predicted octanol–water partition coefficient (Wildman–Crippen LogP) is 1.83. The van der Waals surface area contributed by atoms with Gasteiger partial charge in [0, 0.05) is 11.8 Å². The minimum atomic E-state index is 0.170. The molecule has 0 radical (unpaired) electrons. The van der Waals surface area contributed by atoms with Gasteiger partial charge in [-0.2, -0.15) is 0 Å². The first kappa shape index (κ1) is 7.56. The summed E-state index contributed by atoms with van der Waals surface area (Å²) in [7, 11) is 0. The fourth-order valence-electron chi connectivity index (χ4n) is 1.63. The van der Waals surface area contributed by atoms with Crippen LogP contribution in [-0.4, -0.2) is 11.7 Å². The minimum absolute atomic E-state index is 0.170. The molecule has 2 unspecified atom stereocenters. The average Bonchev–Trinajstić information content (AvgIpc) is 2.05. The molecule has 1 N–H and O–H groups in total. The molecule has 62 valence electrons. The van der Waals surface area contributed by atoms with Crippen molar-refractivity contribution in [2.24, 2.45) is 11.8 Å². The van der Waals surface area contributed by atoms with Crippen LogP contribution in [0.4, 0.5) is 0 Å². The maximum Gasteiger partial charge on any atom is 0.0650 e. The molecule has 2 atom stereocenters. The first-order chi connectivity index (χ1) is 5.90. The molecule has 3 aliphatic carbocycles. The Morgan fingerprint density at radius 1 is 1.08 bits per heavy atom. The van der Waals surface area contributed by atoms with E-state index in [1.807, 2.05) is 6.08 Å². The summed E-state index contributed by atoms with van der Waals surface area (Å²) in [6.45, 7) is 0.170. The monoisotopic (exact) mass is 160 g/mol. The zero-order valence-electron chi connectivity index (χ0n) is 6.85. The molecule has 0 spiro atoms. The Morgan fingerprint density at radius 2 is 1.92 bits per heavy atom. The van der Waals surface area contributed by atoms with E-state index in [9.17, 15) is 0 Å². The molecular formula is C11H12O. The third-order valence-electron chi connectivity index (χ3n) is 2.32. The SMILES string of the molecule is OCC1=CC2C=CC=CC1C=C2. The maximum atomic E-state index is 9.07. The van der Waals surface area contributed by atoms with E-state index >= 15 is 0 Å². The third kappa shape index (κ3) is 1.28. The summed E-state index contributed by atoms with van der Waals surface area (Å²) in [5.41, 5.74) is 1.11. The summed E-state index contributed by atoms with van der Waals surface area (Å²) in [5, 5.41) is 9.07. The van der Waals surface area contributed by atoms with Crippen LogP contribution in [0.25, 0.3) is 0 Å². The molecule has 1 nitrogen and oxygen atoms in total. The predicted molar refractivity (Wildman–Crippen MR) is 49.6 cm³/mol. The van der Waals surface area contributed by atoms with Gasteiger partial charge in [0.2, 0.25) is 0 Å². The zero-order valence-corrected chi connectivity index (χ0v) is 6.85. The lowest BCUT2D eigenvalue weighted by Gasteiger charge is -2.19. The highest BCUT2D eigenvalue weighted by atomic mass is 16.3. The number of fused-ring (bicyclic) bond motifs is 1. The number of rotatable bonds is 1. The van der Waals surface area contributed by atoms with E-state index in [1.54, 1.807) is 0 Å². The normalized spacial score (nSPS) is 31.6. The molecule has 3 aliphatic rings. The Labute approximate surface area is 72.4 Å². The molecule has 12 heavy (non-hydrogen) atoms. The molecule has 0 fully saturated rings. The highest BCUT2D eigenvalue weighted by molar-refractivity contribution is 5.33. The summed E-state index contributed by atoms with van der Waals surface area (Å²) >= 11 is 0. The number of aliphatic hydroxyl groups excluding tert-OH is 1. The van der Waals surface area contributed by atoms with Crippen LogP contribution in [0.1, 0.15) is 0 Å². The van der Waals surface area contributed by atoms with Crippen molar-refractivity contribution >= 4 is 0 Å². The number of allylic oxidation sites excluding steroid dienone is 7. The summed E-state index contributed by atoms with van der Waals surface area (Å²) in [5.74, 6) is 0.699. The van der Waals surface area contributed by atoms with E-state index in [1.165, 1.54) is 0 Å². The largest absolute Gasteiger partial charge is 0.392 e. The Kier molecular flexibility index (Phi) is 1.96. The Bertz CT molecular complexity index is 281. The number of hydrogen-bond acceptors (Lipinski definition) is 1.